The molecule has 0 bridgehead atoms. The van der Waals surface area contributed by atoms with E-state index in [1.165, 1.54) is 12.8 Å². The van der Waals surface area contributed by atoms with Crippen molar-refractivity contribution in [1.82, 2.24) is 25.1 Å². The van der Waals surface area contributed by atoms with Gasteiger partial charge in [-0.2, -0.15) is 5.10 Å². The lowest BCUT2D eigenvalue weighted by atomic mass is 10.4. The van der Waals surface area contributed by atoms with Crippen LogP contribution in [0, 0.1) is 0 Å². The molecular formula is C14H19N5O. The number of hydrogen-bond donors (Lipinski definition) is 1. The molecule has 6 nitrogen and oxygen atoms in total. The molecule has 0 unspecified atom stereocenters. The summed E-state index contributed by atoms with van der Waals surface area (Å²) in [5.41, 5.74) is 0.894. The fourth-order valence-corrected chi connectivity index (χ4v) is 1.83. The molecular weight excluding hydrogens is 254 g/mol. The first-order valence-electron chi connectivity index (χ1n) is 6.97. The zero-order valence-corrected chi connectivity index (χ0v) is 11.8. The van der Waals surface area contributed by atoms with Crippen molar-refractivity contribution in [2.24, 2.45) is 0 Å². The van der Waals surface area contributed by atoms with Crippen LogP contribution in [0.1, 0.15) is 38.4 Å². The van der Waals surface area contributed by atoms with E-state index in [4.69, 9.17) is 4.74 Å². The summed E-state index contributed by atoms with van der Waals surface area (Å²) in [5, 5.41) is 7.64. The summed E-state index contributed by atoms with van der Waals surface area (Å²) in [6, 6.07) is 0.971. The Bertz CT molecular complexity index is 576. The van der Waals surface area contributed by atoms with Crippen molar-refractivity contribution in [3.8, 4) is 11.6 Å². The molecule has 2 heterocycles. The summed E-state index contributed by atoms with van der Waals surface area (Å²) in [6.07, 6.45) is 9.46. The van der Waals surface area contributed by atoms with Gasteiger partial charge in [-0.25, -0.2) is 4.98 Å². The third kappa shape index (κ3) is 3.33. The minimum absolute atomic E-state index is 0.313. The maximum Gasteiger partial charge on any atom is 0.238 e. The van der Waals surface area contributed by atoms with E-state index < -0.39 is 0 Å². The fraction of sp³-hybridized carbons (Fsp3) is 0.500. The molecule has 20 heavy (non-hydrogen) atoms. The minimum Gasteiger partial charge on any atom is -0.434 e. The monoisotopic (exact) mass is 273 g/mol. The molecule has 2 aromatic heterocycles. The van der Waals surface area contributed by atoms with E-state index in [0.29, 0.717) is 23.7 Å². The Balaban J connectivity index is 1.64. The number of nitrogens with zero attached hydrogens (tertiary/aromatic N) is 4. The lowest BCUT2D eigenvalue weighted by Crippen LogP contribution is -2.16. The molecule has 6 heteroatoms. The second kappa shape index (κ2) is 5.58. The predicted molar refractivity (Wildman–Crippen MR) is 74.6 cm³/mol. The zero-order chi connectivity index (χ0) is 13.9. The van der Waals surface area contributed by atoms with E-state index in [-0.39, 0.29) is 0 Å². The SMILES string of the molecule is CC(C)n1cc(Oc2cncc(CNC3CC3)n2)cn1. The third-order valence-corrected chi connectivity index (χ3v) is 3.14. The van der Waals surface area contributed by atoms with Crippen LogP contribution in [0.15, 0.2) is 24.8 Å². The first kappa shape index (κ1) is 13.1. The average Bonchev–Trinajstić information content (AvgIpc) is 3.15. The lowest BCUT2D eigenvalue weighted by molar-refractivity contribution is 0.452. The summed E-state index contributed by atoms with van der Waals surface area (Å²) in [6.45, 7) is 4.88. The highest BCUT2D eigenvalue weighted by Gasteiger charge is 2.20. The Labute approximate surface area is 118 Å². The molecule has 1 aliphatic rings. The summed E-state index contributed by atoms with van der Waals surface area (Å²) >= 11 is 0. The van der Waals surface area contributed by atoms with Gasteiger partial charge in [0, 0.05) is 24.8 Å². The van der Waals surface area contributed by atoms with Crippen molar-refractivity contribution in [2.75, 3.05) is 0 Å². The van der Waals surface area contributed by atoms with Crippen LogP contribution in [0.2, 0.25) is 0 Å². The molecule has 1 saturated carbocycles. The summed E-state index contributed by atoms with van der Waals surface area (Å²) in [5.74, 6) is 1.18. The molecule has 1 fully saturated rings. The first-order chi connectivity index (χ1) is 9.70. The molecule has 0 spiro atoms. The molecule has 1 N–H and O–H groups in total. The van der Waals surface area contributed by atoms with Crippen LogP contribution < -0.4 is 10.1 Å². The van der Waals surface area contributed by atoms with Crippen molar-refractivity contribution >= 4 is 0 Å². The summed E-state index contributed by atoms with van der Waals surface area (Å²) < 4.78 is 7.54. The van der Waals surface area contributed by atoms with Gasteiger partial charge in [-0.1, -0.05) is 0 Å². The van der Waals surface area contributed by atoms with E-state index in [1.807, 2.05) is 10.9 Å². The van der Waals surface area contributed by atoms with Gasteiger partial charge in [0.2, 0.25) is 5.88 Å². The molecule has 1 aliphatic carbocycles. The van der Waals surface area contributed by atoms with Gasteiger partial charge in [0.15, 0.2) is 5.75 Å². The maximum atomic E-state index is 5.69. The molecule has 0 atom stereocenters. The van der Waals surface area contributed by atoms with E-state index in [0.717, 1.165) is 12.2 Å². The summed E-state index contributed by atoms with van der Waals surface area (Å²) in [7, 11) is 0. The van der Waals surface area contributed by atoms with Crippen molar-refractivity contribution in [3.63, 3.8) is 0 Å². The van der Waals surface area contributed by atoms with Gasteiger partial charge < -0.3 is 10.1 Å². The quantitative estimate of drug-likeness (QED) is 0.875. The van der Waals surface area contributed by atoms with Gasteiger partial charge >= 0.3 is 0 Å². The molecule has 106 valence electrons. The Morgan fingerprint density at radius 2 is 2.20 bits per heavy atom. The van der Waals surface area contributed by atoms with Crippen molar-refractivity contribution < 1.29 is 4.74 Å². The second-order valence-electron chi connectivity index (χ2n) is 5.36. The highest BCUT2D eigenvalue weighted by atomic mass is 16.5. The van der Waals surface area contributed by atoms with Crippen LogP contribution in [0.4, 0.5) is 0 Å². The number of aromatic nitrogens is 4. The Morgan fingerprint density at radius 3 is 2.90 bits per heavy atom. The smallest absolute Gasteiger partial charge is 0.238 e. The topological polar surface area (TPSA) is 64.9 Å². The molecule has 0 radical (unpaired) electrons. The first-order valence-corrected chi connectivity index (χ1v) is 6.97. The molecule has 0 aliphatic heterocycles. The largest absolute Gasteiger partial charge is 0.434 e. The average molecular weight is 273 g/mol. The van der Waals surface area contributed by atoms with Crippen LogP contribution >= 0.6 is 0 Å². The van der Waals surface area contributed by atoms with Crippen molar-refractivity contribution in [1.29, 1.82) is 0 Å². The molecule has 0 amide bonds. The normalized spacial score (nSPS) is 14.8. The van der Waals surface area contributed by atoms with E-state index in [1.54, 1.807) is 18.6 Å². The number of ether oxygens (including phenoxy) is 1. The van der Waals surface area contributed by atoms with Gasteiger partial charge in [0.1, 0.15) is 0 Å². The van der Waals surface area contributed by atoms with Crippen LogP contribution in [-0.2, 0) is 6.54 Å². The third-order valence-electron chi connectivity index (χ3n) is 3.14. The van der Waals surface area contributed by atoms with Crippen molar-refractivity contribution in [2.45, 2.75) is 45.3 Å². The molecule has 0 saturated heterocycles. The standard InChI is InChI=1S/C14H19N5O/c1-10(2)19-9-13(7-17-19)20-14-8-15-5-12(18-14)6-16-11-3-4-11/h5,7-11,16H,3-4,6H2,1-2H3. The van der Waals surface area contributed by atoms with E-state index >= 15 is 0 Å². The summed E-state index contributed by atoms with van der Waals surface area (Å²) in [4.78, 5) is 8.60. The fourth-order valence-electron chi connectivity index (χ4n) is 1.83. The predicted octanol–water partition coefficient (Wildman–Crippen LogP) is 2.30. The van der Waals surface area contributed by atoms with Crippen LogP contribution in [-0.4, -0.2) is 25.8 Å². The second-order valence-corrected chi connectivity index (χ2v) is 5.36. The number of nitrogens with one attached hydrogen (secondary N) is 1. The van der Waals surface area contributed by atoms with Crippen molar-refractivity contribution in [3.05, 3.63) is 30.5 Å². The highest BCUT2D eigenvalue weighted by molar-refractivity contribution is 5.20. The highest BCUT2D eigenvalue weighted by Crippen LogP contribution is 2.21. The van der Waals surface area contributed by atoms with Gasteiger partial charge in [0.05, 0.1) is 24.3 Å². The van der Waals surface area contributed by atoms with Crippen LogP contribution in [0.5, 0.6) is 11.6 Å². The van der Waals surface area contributed by atoms with Gasteiger partial charge in [-0.05, 0) is 26.7 Å². The van der Waals surface area contributed by atoms with Gasteiger partial charge in [-0.15, -0.1) is 0 Å². The minimum atomic E-state index is 0.313. The number of hydrogen-bond acceptors (Lipinski definition) is 5. The molecule has 2 aromatic rings. The van der Waals surface area contributed by atoms with Crippen LogP contribution in [0.3, 0.4) is 0 Å². The van der Waals surface area contributed by atoms with E-state index in [9.17, 15) is 0 Å². The number of rotatable bonds is 6. The molecule has 3 rings (SSSR count). The van der Waals surface area contributed by atoms with E-state index in [2.05, 4.69) is 34.2 Å². The Morgan fingerprint density at radius 1 is 1.35 bits per heavy atom. The lowest BCUT2D eigenvalue weighted by Gasteiger charge is -2.05. The zero-order valence-electron chi connectivity index (χ0n) is 11.8. The maximum absolute atomic E-state index is 5.69. The van der Waals surface area contributed by atoms with Crippen LogP contribution in [0.25, 0.3) is 0 Å². The molecule has 0 aromatic carbocycles. The van der Waals surface area contributed by atoms with Gasteiger partial charge in [-0.3, -0.25) is 9.67 Å². The Kier molecular flexibility index (Phi) is 3.64. The Hall–Kier alpha value is -1.95. The van der Waals surface area contributed by atoms with Gasteiger partial charge in [0.25, 0.3) is 0 Å².